The monoisotopic (exact) mass is 303 g/mol. The first kappa shape index (κ1) is 15.5. The first-order chi connectivity index (χ1) is 10.5. The van der Waals surface area contributed by atoms with Gasteiger partial charge in [0.1, 0.15) is 11.5 Å². The summed E-state index contributed by atoms with van der Waals surface area (Å²) in [5.41, 5.74) is 1.12. The van der Waals surface area contributed by atoms with Gasteiger partial charge in [-0.3, -0.25) is 4.79 Å². The minimum Gasteiger partial charge on any atom is -0.508 e. The Kier molecular flexibility index (Phi) is 4.73. The Bertz CT molecular complexity index is 684. The number of phenols is 4. The molecule has 2 aromatic carbocycles. The van der Waals surface area contributed by atoms with Gasteiger partial charge in [0.15, 0.2) is 11.5 Å². The highest BCUT2D eigenvalue weighted by Crippen LogP contribution is 2.25. The predicted molar refractivity (Wildman–Crippen MR) is 80.0 cm³/mol. The highest BCUT2D eigenvalue weighted by molar-refractivity contribution is 5.79. The molecule has 0 bridgehead atoms. The highest BCUT2D eigenvalue weighted by Gasteiger charge is 2.08. The average Bonchev–Trinajstić information content (AvgIpc) is 2.47. The third kappa shape index (κ3) is 4.05. The van der Waals surface area contributed by atoms with E-state index in [4.69, 9.17) is 0 Å². The molecule has 0 radical (unpaired) electrons. The van der Waals surface area contributed by atoms with E-state index < -0.39 is 0 Å². The number of phenolic OH excluding ortho intramolecular Hbond substituents is 4. The van der Waals surface area contributed by atoms with Crippen LogP contribution in [0.1, 0.15) is 11.1 Å². The summed E-state index contributed by atoms with van der Waals surface area (Å²) in [5, 5.41) is 40.2. The molecular formula is C16H17NO5. The molecule has 0 saturated carbocycles. The molecule has 0 heterocycles. The van der Waals surface area contributed by atoms with Gasteiger partial charge in [0.25, 0.3) is 0 Å². The Morgan fingerprint density at radius 3 is 2.36 bits per heavy atom. The molecule has 116 valence electrons. The molecule has 0 unspecified atom stereocenters. The van der Waals surface area contributed by atoms with Crippen LogP contribution in [0, 0.1) is 0 Å². The molecule has 6 nitrogen and oxygen atoms in total. The van der Waals surface area contributed by atoms with Gasteiger partial charge in [-0.2, -0.15) is 0 Å². The summed E-state index contributed by atoms with van der Waals surface area (Å²) in [7, 11) is 0. The number of rotatable bonds is 5. The molecule has 0 aliphatic carbocycles. The van der Waals surface area contributed by atoms with Gasteiger partial charge in [0.05, 0.1) is 6.42 Å². The van der Waals surface area contributed by atoms with Gasteiger partial charge >= 0.3 is 0 Å². The molecule has 1 amide bonds. The number of hydrogen-bond donors (Lipinski definition) is 5. The van der Waals surface area contributed by atoms with Gasteiger partial charge in [-0.25, -0.2) is 0 Å². The minimum absolute atomic E-state index is 0.0137. The lowest BCUT2D eigenvalue weighted by Gasteiger charge is -2.08. The lowest BCUT2D eigenvalue weighted by atomic mass is 10.1. The van der Waals surface area contributed by atoms with Gasteiger partial charge in [-0.1, -0.05) is 6.07 Å². The van der Waals surface area contributed by atoms with Gasteiger partial charge < -0.3 is 25.7 Å². The van der Waals surface area contributed by atoms with E-state index in [-0.39, 0.29) is 35.3 Å². The minimum atomic E-state index is -0.288. The molecule has 0 fully saturated rings. The smallest absolute Gasteiger partial charge is 0.224 e. The van der Waals surface area contributed by atoms with E-state index in [0.717, 1.165) is 5.56 Å². The number of aromatic hydroxyl groups is 4. The lowest BCUT2D eigenvalue weighted by molar-refractivity contribution is -0.120. The third-order valence-electron chi connectivity index (χ3n) is 3.19. The molecule has 2 aromatic rings. The van der Waals surface area contributed by atoms with Crippen LogP contribution in [0.2, 0.25) is 0 Å². The topological polar surface area (TPSA) is 110 Å². The molecule has 2 rings (SSSR count). The maximum absolute atomic E-state index is 11.8. The van der Waals surface area contributed by atoms with Crippen molar-refractivity contribution < 1.29 is 25.2 Å². The van der Waals surface area contributed by atoms with Crippen molar-refractivity contribution in [2.24, 2.45) is 0 Å². The number of benzene rings is 2. The quantitative estimate of drug-likeness (QED) is 0.424. The van der Waals surface area contributed by atoms with E-state index in [2.05, 4.69) is 5.32 Å². The van der Waals surface area contributed by atoms with Gasteiger partial charge in [0, 0.05) is 12.1 Å². The molecule has 0 aliphatic heterocycles. The second-order valence-electron chi connectivity index (χ2n) is 4.91. The second-order valence-corrected chi connectivity index (χ2v) is 4.91. The summed E-state index contributed by atoms with van der Waals surface area (Å²) in [6, 6.07) is 8.49. The van der Waals surface area contributed by atoms with Crippen LogP contribution in [0.25, 0.3) is 0 Å². The summed E-state index contributed by atoms with van der Waals surface area (Å²) < 4.78 is 0. The molecule has 0 aliphatic rings. The van der Waals surface area contributed by atoms with Crippen molar-refractivity contribution in [2.75, 3.05) is 6.54 Å². The maximum atomic E-state index is 11.8. The van der Waals surface area contributed by atoms with Gasteiger partial charge in [0.2, 0.25) is 5.91 Å². The average molecular weight is 303 g/mol. The largest absolute Gasteiger partial charge is 0.508 e. The highest BCUT2D eigenvalue weighted by atomic mass is 16.3. The number of carbonyl (C=O) groups excluding carboxylic acids is 1. The van der Waals surface area contributed by atoms with Crippen molar-refractivity contribution >= 4 is 5.91 Å². The third-order valence-corrected chi connectivity index (χ3v) is 3.19. The van der Waals surface area contributed by atoms with Crippen molar-refractivity contribution in [3.8, 4) is 23.0 Å². The first-order valence-electron chi connectivity index (χ1n) is 6.74. The molecule has 22 heavy (non-hydrogen) atoms. The van der Waals surface area contributed by atoms with Crippen molar-refractivity contribution in [3.63, 3.8) is 0 Å². The van der Waals surface area contributed by atoms with E-state index in [1.807, 2.05) is 0 Å². The van der Waals surface area contributed by atoms with Gasteiger partial charge in [-0.15, -0.1) is 0 Å². The number of carbonyl (C=O) groups is 1. The summed E-state index contributed by atoms with van der Waals surface area (Å²) in [4.78, 5) is 11.8. The predicted octanol–water partition coefficient (Wildman–Crippen LogP) is 1.41. The van der Waals surface area contributed by atoms with Crippen LogP contribution in [0.15, 0.2) is 36.4 Å². The van der Waals surface area contributed by atoms with Crippen LogP contribution in [0.5, 0.6) is 23.0 Å². The summed E-state index contributed by atoms with van der Waals surface area (Å²) >= 11 is 0. The van der Waals surface area contributed by atoms with E-state index in [9.17, 15) is 25.2 Å². The second kappa shape index (κ2) is 6.71. The Balaban J connectivity index is 1.85. The zero-order chi connectivity index (χ0) is 16.1. The van der Waals surface area contributed by atoms with E-state index >= 15 is 0 Å². The van der Waals surface area contributed by atoms with Crippen LogP contribution < -0.4 is 5.32 Å². The van der Waals surface area contributed by atoms with Crippen molar-refractivity contribution in [3.05, 3.63) is 47.5 Å². The Morgan fingerprint density at radius 1 is 0.909 bits per heavy atom. The van der Waals surface area contributed by atoms with Crippen molar-refractivity contribution in [1.29, 1.82) is 0 Å². The van der Waals surface area contributed by atoms with Crippen LogP contribution in [-0.2, 0) is 17.6 Å². The molecule has 5 N–H and O–H groups in total. The molecule has 0 spiro atoms. The molecule has 0 atom stereocenters. The van der Waals surface area contributed by atoms with E-state index in [0.29, 0.717) is 18.5 Å². The van der Waals surface area contributed by atoms with Crippen molar-refractivity contribution in [1.82, 2.24) is 5.32 Å². The molecular weight excluding hydrogens is 286 g/mol. The fraction of sp³-hybridized carbons (Fsp3) is 0.188. The number of amides is 1. The van der Waals surface area contributed by atoms with E-state index in [1.54, 1.807) is 6.07 Å². The molecule has 0 saturated heterocycles. The van der Waals surface area contributed by atoms with Crippen LogP contribution in [0.3, 0.4) is 0 Å². The van der Waals surface area contributed by atoms with Crippen LogP contribution >= 0.6 is 0 Å². The van der Waals surface area contributed by atoms with Crippen LogP contribution in [0.4, 0.5) is 0 Å². The zero-order valence-corrected chi connectivity index (χ0v) is 11.8. The van der Waals surface area contributed by atoms with Crippen LogP contribution in [-0.4, -0.2) is 32.9 Å². The summed E-state index contributed by atoms with van der Waals surface area (Å²) in [6.07, 6.45) is 0.451. The first-order valence-corrected chi connectivity index (χ1v) is 6.74. The fourth-order valence-electron chi connectivity index (χ4n) is 2.02. The Labute approximate surface area is 127 Å². The fourth-order valence-corrected chi connectivity index (χ4v) is 2.02. The Hall–Kier alpha value is -2.89. The van der Waals surface area contributed by atoms with E-state index in [1.165, 1.54) is 30.3 Å². The molecule has 0 aromatic heterocycles. The van der Waals surface area contributed by atoms with Crippen molar-refractivity contribution in [2.45, 2.75) is 12.8 Å². The standard InChI is InChI=1S/C16H17NO5/c18-12-2-4-13(19)11(8-12)9-16(22)17-6-5-10-1-3-14(20)15(21)7-10/h1-4,7-8,18-21H,5-6,9H2,(H,17,22). The normalized spacial score (nSPS) is 10.4. The van der Waals surface area contributed by atoms with Gasteiger partial charge in [-0.05, 0) is 42.3 Å². The Morgan fingerprint density at radius 2 is 1.64 bits per heavy atom. The maximum Gasteiger partial charge on any atom is 0.224 e. The SMILES string of the molecule is O=C(Cc1cc(O)ccc1O)NCCc1ccc(O)c(O)c1. The number of hydrogen-bond acceptors (Lipinski definition) is 5. The lowest BCUT2D eigenvalue weighted by Crippen LogP contribution is -2.27. The summed E-state index contributed by atoms with van der Waals surface area (Å²) in [6.45, 7) is 0.350. The molecule has 6 heteroatoms. The number of nitrogens with one attached hydrogen (secondary N) is 1. The zero-order valence-electron chi connectivity index (χ0n) is 11.8. The summed E-state index contributed by atoms with van der Waals surface area (Å²) in [5.74, 6) is -0.735.